The molecular weight excluding hydrogens is 344 g/mol. The number of fused-ring (bicyclic) bond motifs is 1. The first-order valence-corrected chi connectivity index (χ1v) is 9.32. The largest absolute Gasteiger partial charge is 0.384 e. The number of nitrogens with two attached hydrogens (primary N) is 1. The van der Waals surface area contributed by atoms with E-state index in [0.717, 1.165) is 34.8 Å². The third kappa shape index (κ3) is 2.92. The number of carbonyl (C=O) groups excluding carboxylic acids is 1. The van der Waals surface area contributed by atoms with Gasteiger partial charge in [-0.3, -0.25) is 23.6 Å². The quantitative estimate of drug-likeness (QED) is 0.795. The topological polar surface area (TPSA) is 90.3 Å². The molecule has 2 aliphatic rings. The van der Waals surface area contributed by atoms with Crippen molar-refractivity contribution in [3.05, 3.63) is 61.8 Å². The Bertz CT molecular complexity index is 1030. The van der Waals surface area contributed by atoms with Crippen molar-refractivity contribution in [3.8, 4) is 0 Å². The summed E-state index contributed by atoms with van der Waals surface area (Å²) < 4.78 is 2.09. The molecule has 2 aromatic rings. The molecule has 0 spiro atoms. The van der Waals surface area contributed by atoms with Gasteiger partial charge < -0.3 is 5.73 Å². The molecule has 0 bridgehead atoms. The third-order valence-corrected chi connectivity index (χ3v) is 5.83. The minimum absolute atomic E-state index is 0.0596. The van der Waals surface area contributed by atoms with Gasteiger partial charge in [0, 0.05) is 26.2 Å². The Morgan fingerprint density at radius 3 is 2.56 bits per heavy atom. The molecular formula is C20H24N4O3. The number of hydrogen-bond donors (Lipinski definition) is 1. The van der Waals surface area contributed by atoms with Crippen molar-refractivity contribution in [2.24, 2.45) is 14.1 Å². The predicted molar refractivity (Wildman–Crippen MR) is 103 cm³/mol. The monoisotopic (exact) mass is 368 g/mol. The Balaban J connectivity index is 1.68. The molecule has 1 unspecified atom stereocenters. The molecule has 1 atom stereocenters. The second-order valence-corrected chi connectivity index (χ2v) is 7.55. The number of carbonyl (C=O) groups is 1. The Labute approximate surface area is 157 Å². The Kier molecular flexibility index (Phi) is 4.26. The van der Waals surface area contributed by atoms with Gasteiger partial charge in [0.1, 0.15) is 11.4 Å². The number of nitrogens with zero attached hydrogens (tertiary/aromatic N) is 3. The zero-order chi connectivity index (χ0) is 19.3. The minimum atomic E-state index is -0.622. The van der Waals surface area contributed by atoms with Crippen LogP contribution in [0, 0.1) is 0 Å². The standard InChI is InChI=1S/C20H24N4O3/c1-22-18(21)17(19(26)23(2)20(22)27)16(25)11-24(13-8-9-13)15-10-7-12-5-3-4-6-14(12)15/h3-6,13,15H,7-11,21H2,1-2H3. The number of aryl methyl sites for hydroxylation is 1. The first-order valence-electron chi connectivity index (χ1n) is 9.32. The zero-order valence-corrected chi connectivity index (χ0v) is 15.6. The van der Waals surface area contributed by atoms with Gasteiger partial charge in [-0.05, 0) is 36.8 Å². The van der Waals surface area contributed by atoms with Crippen LogP contribution in [0.3, 0.4) is 0 Å². The van der Waals surface area contributed by atoms with Gasteiger partial charge in [-0.2, -0.15) is 0 Å². The van der Waals surface area contributed by atoms with E-state index < -0.39 is 11.2 Å². The molecule has 4 rings (SSSR count). The van der Waals surface area contributed by atoms with E-state index in [9.17, 15) is 14.4 Å². The van der Waals surface area contributed by atoms with Gasteiger partial charge in [-0.15, -0.1) is 0 Å². The lowest BCUT2D eigenvalue weighted by Gasteiger charge is -2.29. The Morgan fingerprint density at radius 2 is 1.85 bits per heavy atom. The van der Waals surface area contributed by atoms with Crippen molar-refractivity contribution in [1.82, 2.24) is 14.0 Å². The fourth-order valence-electron chi connectivity index (χ4n) is 4.15. The maximum Gasteiger partial charge on any atom is 0.332 e. The van der Waals surface area contributed by atoms with Gasteiger partial charge >= 0.3 is 5.69 Å². The fraction of sp³-hybridized carbons (Fsp3) is 0.450. The number of nitrogen functional groups attached to an aromatic ring is 1. The summed E-state index contributed by atoms with van der Waals surface area (Å²) in [4.78, 5) is 39.8. The summed E-state index contributed by atoms with van der Waals surface area (Å²) in [5, 5.41) is 0. The van der Waals surface area contributed by atoms with E-state index in [-0.39, 0.29) is 29.8 Å². The second-order valence-electron chi connectivity index (χ2n) is 7.55. The minimum Gasteiger partial charge on any atom is -0.384 e. The van der Waals surface area contributed by atoms with Crippen molar-refractivity contribution in [2.45, 2.75) is 37.8 Å². The van der Waals surface area contributed by atoms with Crippen LogP contribution in [0.15, 0.2) is 33.9 Å². The summed E-state index contributed by atoms with van der Waals surface area (Å²) in [5.74, 6) is -0.379. The summed E-state index contributed by atoms with van der Waals surface area (Å²) in [5.41, 5.74) is 7.33. The molecule has 1 aromatic carbocycles. The summed E-state index contributed by atoms with van der Waals surface area (Å²) >= 11 is 0. The molecule has 142 valence electrons. The summed E-state index contributed by atoms with van der Waals surface area (Å²) in [7, 11) is 2.84. The molecule has 7 nitrogen and oxygen atoms in total. The van der Waals surface area contributed by atoms with Crippen molar-refractivity contribution in [1.29, 1.82) is 0 Å². The molecule has 0 radical (unpaired) electrons. The number of Topliss-reactive ketones (excluding diaryl/α,β-unsaturated/α-hetero) is 1. The number of rotatable bonds is 5. The lowest BCUT2D eigenvalue weighted by Crippen LogP contribution is -2.44. The van der Waals surface area contributed by atoms with Crippen molar-refractivity contribution >= 4 is 11.6 Å². The Morgan fingerprint density at radius 1 is 1.15 bits per heavy atom. The average molecular weight is 368 g/mol. The van der Waals surface area contributed by atoms with Crippen molar-refractivity contribution in [2.75, 3.05) is 12.3 Å². The molecule has 1 saturated carbocycles. The molecule has 27 heavy (non-hydrogen) atoms. The highest BCUT2D eigenvalue weighted by Crippen LogP contribution is 2.41. The molecule has 1 aromatic heterocycles. The summed E-state index contributed by atoms with van der Waals surface area (Å²) in [6, 6.07) is 8.90. The van der Waals surface area contributed by atoms with Gasteiger partial charge in [-0.25, -0.2) is 4.79 Å². The smallest absolute Gasteiger partial charge is 0.332 e. The van der Waals surface area contributed by atoms with Crippen molar-refractivity contribution in [3.63, 3.8) is 0 Å². The normalized spacial score (nSPS) is 18.7. The first-order chi connectivity index (χ1) is 12.9. The molecule has 0 aliphatic heterocycles. The second kappa shape index (κ2) is 6.49. The van der Waals surface area contributed by atoms with E-state index in [1.54, 1.807) is 0 Å². The Hall–Kier alpha value is -2.67. The van der Waals surface area contributed by atoms with Crippen LogP contribution in [-0.2, 0) is 20.5 Å². The van der Waals surface area contributed by atoms with Gasteiger partial charge in [0.15, 0.2) is 5.78 Å². The van der Waals surface area contributed by atoms with Crippen LogP contribution in [0.5, 0.6) is 0 Å². The van der Waals surface area contributed by atoms with Crippen LogP contribution in [0.2, 0.25) is 0 Å². The van der Waals surface area contributed by atoms with E-state index in [2.05, 4.69) is 17.0 Å². The van der Waals surface area contributed by atoms with E-state index in [4.69, 9.17) is 5.73 Å². The lowest BCUT2D eigenvalue weighted by molar-refractivity contribution is 0.0876. The van der Waals surface area contributed by atoms with Gasteiger partial charge in [0.25, 0.3) is 5.56 Å². The van der Waals surface area contributed by atoms with Crippen molar-refractivity contribution < 1.29 is 4.79 Å². The van der Waals surface area contributed by atoms with Gasteiger partial charge in [0.05, 0.1) is 6.54 Å². The van der Waals surface area contributed by atoms with Crippen LogP contribution >= 0.6 is 0 Å². The van der Waals surface area contributed by atoms with E-state index in [0.29, 0.717) is 6.04 Å². The average Bonchev–Trinajstić information content (AvgIpc) is 3.42. The van der Waals surface area contributed by atoms with E-state index in [1.807, 2.05) is 12.1 Å². The highest BCUT2D eigenvalue weighted by atomic mass is 16.2. The third-order valence-electron chi connectivity index (χ3n) is 5.83. The van der Waals surface area contributed by atoms with Gasteiger partial charge in [0.2, 0.25) is 0 Å². The molecule has 0 saturated heterocycles. The maximum atomic E-state index is 13.1. The molecule has 2 N–H and O–H groups in total. The molecule has 0 amide bonds. The van der Waals surface area contributed by atoms with Gasteiger partial charge in [-0.1, -0.05) is 24.3 Å². The predicted octanol–water partition coefficient (Wildman–Crippen LogP) is 1.00. The number of anilines is 1. The van der Waals surface area contributed by atoms with E-state index in [1.165, 1.54) is 25.2 Å². The number of aromatic nitrogens is 2. The van der Waals surface area contributed by atoms with Crippen LogP contribution in [0.1, 0.15) is 46.8 Å². The molecule has 1 heterocycles. The zero-order valence-electron chi connectivity index (χ0n) is 15.6. The number of ketones is 1. The molecule has 1 fully saturated rings. The maximum absolute atomic E-state index is 13.1. The highest BCUT2D eigenvalue weighted by Gasteiger charge is 2.39. The van der Waals surface area contributed by atoms with Crippen LogP contribution in [0.25, 0.3) is 0 Å². The SMILES string of the molecule is Cn1c(N)c(C(=O)CN(C2CC2)C2CCc3ccccc32)c(=O)n(C)c1=O. The first kappa shape index (κ1) is 17.7. The number of benzene rings is 1. The summed E-state index contributed by atoms with van der Waals surface area (Å²) in [6.45, 7) is 0.140. The molecule has 7 heteroatoms. The van der Waals surface area contributed by atoms with Crippen LogP contribution in [0.4, 0.5) is 5.82 Å². The molecule has 2 aliphatic carbocycles. The van der Waals surface area contributed by atoms with Crippen LogP contribution in [-0.4, -0.2) is 32.4 Å². The highest BCUT2D eigenvalue weighted by molar-refractivity contribution is 6.01. The lowest BCUT2D eigenvalue weighted by atomic mass is 10.1. The van der Waals surface area contributed by atoms with E-state index >= 15 is 0 Å². The fourth-order valence-corrected chi connectivity index (χ4v) is 4.15. The number of hydrogen-bond acceptors (Lipinski definition) is 5. The van der Waals surface area contributed by atoms with Crippen LogP contribution < -0.4 is 17.0 Å². The summed E-state index contributed by atoms with van der Waals surface area (Å²) in [6.07, 6.45) is 4.10.